The van der Waals surface area contributed by atoms with E-state index in [1.807, 2.05) is 6.92 Å². The molecule has 0 saturated carbocycles. The quantitative estimate of drug-likeness (QED) is 0.709. The molecule has 0 aliphatic rings. The fraction of sp³-hybridized carbons (Fsp3) is 0.222. The molecule has 0 unspecified atom stereocenters. The van der Waals surface area contributed by atoms with E-state index >= 15 is 0 Å². The van der Waals surface area contributed by atoms with Crippen LogP contribution in [0, 0.1) is 12.7 Å². The maximum absolute atomic E-state index is 12.6. The van der Waals surface area contributed by atoms with Gasteiger partial charge in [-0.2, -0.15) is 0 Å². The van der Waals surface area contributed by atoms with E-state index in [1.54, 1.807) is 6.07 Å². The Kier molecular flexibility index (Phi) is 2.76. The van der Waals surface area contributed by atoms with Gasteiger partial charge in [-0.05, 0) is 30.2 Å². The first kappa shape index (κ1) is 9.13. The van der Waals surface area contributed by atoms with Gasteiger partial charge in [0, 0.05) is 6.42 Å². The maximum Gasteiger partial charge on any atom is 0.123 e. The Morgan fingerprint density at radius 2 is 2.25 bits per heavy atom. The normalized spacial score (nSPS) is 9.83. The molecule has 0 fully saturated rings. The molecule has 3 heteroatoms. The number of thiocarbonyl (C=S) groups is 1. The molecule has 1 rings (SSSR count). The topological polar surface area (TPSA) is 26.0 Å². The number of rotatable bonds is 2. The third-order valence-electron chi connectivity index (χ3n) is 1.67. The Bertz CT molecular complexity index is 309. The summed E-state index contributed by atoms with van der Waals surface area (Å²) in [6.45, 7) is 1.84. The summed E-state index contributed by atoms with van der Waals surface area (Å²) in [5, 5.41) is 0. The monoisotopic (exact) mass is 183 g/mol. The van der Waals surface area contributed by atoms with Crippen molar-refractivity contribution in [2.24, 2.45) is 5.73 Å². The molecule has 0 amide bonds. The van der Waals surface area contributed by atoms with Crippen LogP contribution in [0.4, 0.5) is 4.39 Å². The zero-order valence-corrected chi connectivity index (χ0v) is 7.62. The van der Waals surface area contributed by atoms with Crippen LogP contribution in [0.2, 0.25) is 0 Å². The Labute approximate surface area is 76.4 Å². The predicted molar refractivity (Wildman–Crippen MR) is 51.6 cm³/mol. The van der Waals surface area contributed by atoms with E-state index in [0.717, 1.165) is 11.1 Å². The summed E-state index contributed by atoms with van der Waals surface area (Å²) in [7, 11) is 0. The number of hydrogen-bond donors (Lipinski definition) is 1. The van der Waals surface area contributed by atoms with E-state index in [-0.39, 0.29) is 5.82 Å². The summed E-state index contributed by atoms with van der Waals surface area (Å²) in [6, 6.07) is 4.61. The first-order valence-electron chi connectivity index (χ1n) is 3.63. The van der Waals surface area contributed by atoms with E-state index in [2.05, 4.69) is 0 Å². The van der Waals surface area contributed by atoms with Gasteiger partial charge in [-0.25, -0.2) is 4.39 Å². The van der Waals surface area contributed by atoms with Crippen LogP contribution in [0.1, 0.15) is 11.1 Å². The van der Waals surface area contributed by atoms with Crippen molar-refractivity contribution in [1.29, 1.82) is 0 Å². The van der Waals surface area contributed by atoms with Gasteiger partial charge in [-0.3, -0.25) is 0 Å². The SMILES string of the molecule is Cc1cc(F)ccc1CC(N)=S. The molecule has 0 spiro atoms. The summed E-state index contributed by atoms with van der Waals surface area (Å²) in [6.07, 6.45) is 0.543. The first-order chi connectivity index (χ1) is 5.59. The molecule has 0 radical (unpaired) electrons. The molecule has 0 heterocycles. The van der Waals surface area contributed by atoms with Crippen molar-refractivity contribution in [2.45, 2.75) is 13.3 Å². The molecule has 0 atom stereocenters. The third-order valence-corrected chi connectivity index (χ3v) is 1.81. The highest BCUT2D eigenvalue weighted by atomic mass is 32.1. The number of hydrogen-bond acceptors (Lipinski definition) is 1. The molecule has 0 aliphatic heterocycles. The summed E-state index contributed by atoms with van der Waals surface area (Å²) in [4.78, 5) is 0.435. The van der Waals surface area contributed by atoms with Crippen molar-refractivity contribution < 1.29 is 4.39 Å². The molecular weight excluding hydrogens is 173 g/mol. The van der Waals surface area contributed by atoms with Crippen LogP contribution in [0.3, 0.4) is 0 Å². The number of benzene rings is 1. The van der Waals surface area contributed by atoms with Gasteiger partial charge in [0.2, 0.25) is 0 Å². The summed E-state index contributed by atoms with van der Waals surface area (Å²) < 4.78 is 12.6. The van der Waals surface area contributed by atoms with Crippen LogP contribution < -0.4 is 5.73 Å². The van der Waals surface area contributed by atoms with Crippen LogP contribution in [0.15, 0.2) is 18.2 Å². The zero-order valence-electron chi connectivity index (χ0n) is 6.80. The molecule has 1 aromatic rings. The summed E-state index contributed by atoms with van der Waals surface area (Å²) >= 11 is 4.75. The highest BCUT2D eigenvalue weighted by molar-refractivity contribution is 7.80. The Morgan fingerprint density at radius 3 is 2.75 bits per heavy atom. The van der Waals surface area contributed by atoms with E-state index in [0.29, 0.717) is 11.4 Å². The maximum atomic E-state index is 12.6. The van der Waals surface area contributed by atoms with Gasteiger partial charge in [-0.15, -0.1) is 0 Å². The third kappa shape index (κ3) is 2.27. The van der Waals surface area contributed by atoms with Crippen molar-refractivity contribution in [2.75, 3.05) is 0 Å². The molecule has 1 aromatic carbocycles. The van der Waals surface area contributed by atoms with Crippen LogP contribution in [0.5, 0.6) is 0 Å². The molecule has 0 bridgehead atoms. The minimum Gasteiger partial charge on any atom is -0.393 e. The highest BCUT2D eigenvalue weighted by Gasteiger charge is 2.00. The Morgan fingerprint density at radius 1 is 1.58 bits per heavy atom. The minimum atomic E-state index is -0.223. The fourth-order valence-electron chi connectivity index (χ4n) is 1.05. The molecule has 0 aliphatic carbocycles. The van der Waals surface area contributed by atoms with E-state index in [9.17, 15) is 4.39 Å². The molecular formula is C9H10FNS. The van der Waals surface area contributed by atoms with Crippen molar-refractivity contribution in [3.05, 3.63) is 35.1 Å². The second kappa shape index (κ2) is 3.63. The van der Waals surface area contributed by atoms with Crippen molar-refractivity contribution in [3.8, 4) is 0 Å². The highest BCUT2D eigenvalue weighted by Crippen LogP contribution is 2.10. The lowest BCUT2D eigenvalue weighted by atomic mass is 10.1. The van der Waals surface area contributed by atoms with Crippen LogP contribution in [-0.2, 0) is 6.42 Å². The summed E-state index contributed by atoms with van der Waals surface area (Å²) in [5.74, 6) is -0.223. The van der Waals surface area contributed by atoms with Gasteiger partial charge in [0.15, 0.2) is 0 Å². The van der Waals surface area contributed by atoms with Gasteiger partial charge in [0.1, 0.15) is 5.82 Å². The molecule has 0 aromatic heterocycles. The lowest BCUT2D eigenvalue weighted by Crippen LogP contribution is -2.11. The van der Waals surface area contributed by atoms with Gasteiger partial charge in [-0.1, -0.05) is 18.3 Å². The van der Waals surface area contributed by atoms with Gasteiger partial charge >= 0.3 is 0 Å². The van der Waals surface area contributed by atoms with E-state index in [1.165, 1.54) is 12.1 Å². The Balaban J connectivity index is 2.93. The molecule has 1 nitrogen and oxygen atoms in total. The average Bonchev–Trinajstić information content (AvgIpc) is 1.94. The second-order valence-corrected chi connectivity index (χ2v) is 3.24. The van der Waals surface area contributed by atoms with E-state index < -0.39 is 0 Å². The van der Waals surface area contributed by atoms with Crippen molar-refractivity contribution in [1.82, 2.24) is 0 Å². The fourth-order valence-corrected chi connectivity index (χ4v) is 1.20. The smallest absolute Gasteiger partial charge is 0.123 e. The number of halogens is 1. The molecule has 0 saturated heterocycles. The summed E-state index contributed by atoms with van der Waals surface area (Å²) in [5.41, 5.74) is 7.25. The minimum absolute atomic E-state index is 0.223. The molecule has 64 valence electrons. The lowest BCUT2D eigenvalue weighted by Gasteiger charge is -2.03. The van der Waals surface area contributed by atoms with Crippen molar-refractivity contribution in [3.63, 3.8) is 0 Å². The van der Waals surface area contributed by atoms with Crippen LogP contribution >= 0.6 is 12.2 Å². The van der Waals surface area contributed by atoms with Gasteiger partial charge < -0.3 is 5.73 Å². The van der Waals surface area contributed by atoms with E-state index in [4.69, 9.17) is 18.0 Å². The first-order valence-corrected chi connectivity index (χ1v) is 4.04. The molecule has 2 N–H and O–H groups in total. The van der Waals surface area contributed by atoms with Crippen LogP contribution in [0.25, 0.3) is 0 Å². The molecule has 12 heavy (non-hydrogen) atoms. The second-order valence-electron chi connectivity index (χ2n) is 2.71. The number of nitrogens with two attached hydrogens (primary N) is 1. The number of aryl methyl sites for hydroxylation is 1. The zero-order chi connectivity index (χ0) is 9.14. The van der Waals surface area contributed by atoms with Crippen molar-refractivity contribution >= 4 is 17.2 Å². The predicted octanol–water partition coefficient (Wildman–Crippen LogP) is 1.96. The van der Waals surface area contributed by atoms with Crippen LogP contribution in [-0.4, -0.2) is 4.99 Å². The Hall–Kier alpha value is -0.960. The van der Waals surface area contributed by atoms with Gasteiger partial charge in [0.25, 0.3) is 0 Å². The standard InChI is InChI=1S/C9H10FNS/c1-6-4-8(10)3-2-7(6)5-9(11)12/h2-4H,5H2,1H3,(H2,11,12). The average molecular weight is 183 g/mol. The van der Waals surface area contributed by atoms with Gasteiger partial charge in [0.05, 0.1) is 4.99 Å². The largest absolute Gasteiger partial charge is 0.393 e. The lowest BCUT2D eigenvalue weighted by molar-refractivity contribution is 0.626.